The first-order valence-corrected chi connectivity index (χ1v) is 13.1. The third-order valence-electron chi connectivity index (χ3n) is 6.53. The number of anilines is 1. The van der Waals surface area contributed by atoms with Gasteiger partial charge in [0, 0.05) is 51.4 Å². The number of hydrogen-bond acceptors (Lipinski definition) is 6. The number of nitro groups is 1. The zero-order chi connectivity index (χ0) is 23.3. The number of non-ortho nitro benzene ring substituents is 1. The van der Waals surface area contributed by atoms with Crippen LogP contribution in [0, 0.1) is 16.0 Å². The van der Waals surface area contributed by atoms with E-state index in [0.717, 1.165) is 38.8 Å². The smallest absolute Gasteiger partial charge is 0.270 e. The summed E-state index contributed by atoms with van der Waals surface area (Å²) >= 11 is 0. The number of amides is 1. The van der Waals surface area contributed by atoms with Gasteiger partial charge < -0.3 is 9.80 Å². The van der Waals surface area contributed by atoms with Crippen LogP contribution in [0.5, 0.6) is 0 Å². The van der Waals surface area contributed by atoms with Gasteiger partial charge in [-0.1, -0.05) is 12.8 Å². The van der Waals surface area contributed by atoms with Crippen molar-refractivity contribution >= 4 is 27.3 Å². The first-order valence-electron chi connectivity index (χ1n) is 11.6. The quantitative estimate of drug-likeness (QED) is 0.451. The van der Waals surface area contributed by atoms with E-state index in [-0.39, 0.29) is 23.0 Å². The fraction of sp³-hybridized carbons (Fsp3) is 0.682. The summed E-state index contributed by atoms with van der Waals surface area (Å²) in [6, 6.07) is 4.13. The summed E-state index contributed by atoms with van der Waals surface area (Å²) in [5.41, 5.74) is 0.282. The van der Waals surface area contributed by atoms with Crippen molar-refractivity contribution in [3.8, 4) is 0 Å². The Morgan fingerprint density at radius 2 is 1.75 bits per heavy atom. The first-order chi connectivity index (χ1) is 15.3. The normalized spacial score (nSPS) is 20.6. The number of hydrogen-bond donors (Lipinski definition) is 0. The van der Waals surface area contributed by atoms with Gasteiger partial charge in [0.25, 0.3) is 5.69 Å². The summed E-state index contributed by atoms with van der Waals surface area (Å²) < 4.78 is 28.8. The average molecular weight is 467 g/mol. The van der Waals surface area contributed by atoms with E-state index in [4.69, 9.17) is 0 Å². The van der Waals surface area contributed by atoms with Gasteiger partial charge in [0.05, 0.1) is 16.5 Å². The summed E-state index contributed by atoms with van der Waals surface area (Å²) in [6.45, 7) is 6.87. The Morgan fingerprint density at radius 3 is 2.34 bits per heavy atom. The highest BCUT2D eigenvalue weighted by atomic mass is 32.2. The third kappa shape index (κ3) is 5.23. The Bertz CT molecular complexity index is 924. The van der Waals surface area contributed by atoms with Crippen LogP contribution in [0.3, 0.4) is 0 Å². The number of carbonyl (C=O) groups is 1. The van der Waals surface area contributed by atoms with Crippen LogP contribution in [0.25, 0.3) is 0 Å². The molecule has 2 aliphatic heterocycles. The van der Waals surface area contributed by atoms with Gasteiger partial charge >= 0.3 is 0 Å². The molecule has 1 aromatic rings. The molecule has 0 saturated carbocycles. The second kappa shape index (κ2) is 10.6. The lowest BCUT2D eigenvalue weighted by atomic mass is 9.98. The minimum atomic E-state index is -4.00. The summed E-state index contributed by atoms with van der Waals surface area (Å²) in [7, 11) is -4.00. The largest absolute Gasteiger partial charge is 0.370 e. The fourth-order valence-electron chi connectivity index (χ4n) is 4.69. The van der Waals surface area contributed by atoms with Crippen LogP contribution in [0.4, 0.5) is 11.4 Å². The van der Waals surface area contributed by atoms with Crippen LogP contribution < -0.4 is 4.90 Å². The molecule has 9 nitrogen and oxygen atoms in total. The van der Waals surface area contributed by atoms with Gasteiger partial charge in [0.1, 0.15) is 4.90 Å². The number of nitrogens with zero attached hydrogens (tertiary/aromatic N) is 4. The Morgan fingerprint density at radius 1 is 1.09 bits per heavy atom. The van der Waals surface area contributed by atoms with Crippen molar-refractivity contribution in [3.63, 3.8) is 0 Å². The third-order valence-corrected chi connectivity index (χ3v) is 8.42. The fourth-order valence-corrected chi connectivity index (χ4v) is 6.45. The van der Waals surface area contributed by atoms with Gasteiger partial charge in [0.2, 0.25) is 15.9 Å². The van der Waals surface area contributed by atoms with E-state index in [0.29, 0.717) is 38.2 Å². The van der Waals surface area contributed by atoms with Crippen molar-refractivity contribution in [1.82, 2.24) is 9.21 Å². The SMILES string of the molecule is CCN(CC)C(=O)[C@@H]1CCCN(S(=O)(=O)c2cc([N+](=O)[O-])ccc2N2CCCCCC2)C1. The number of rotatable bonds is 7. The van der Waals surface area contributed by atoms with Crippen molar-refractivity contribution in [2.75, 3.05) is 44.2 Å². The molecule has 0 N–H and O–H groups in total. The second-order valence-corrected chi connectivity index (χ2v) is 10.4. The Labute approximate surface area is 190 Å². The highest BCUT2D eigenvalue weighted by Crippen LogP contribution is 2.34. The Balaban J connectivity index is 1.96. The lowest BCUT2D eigenvalue weighted by Crippen LogP contribution is -2.46. The summed E-state index contributed by atoms with van der Waals surface area (Å²) in [5, 5.41) is 11.4. The predicted molar refractivity (Wildman–Crippen MR) is 123 cm³/mol. The van der Waals surface area contributed by atoms with E-state index in [1.54, 1.807) is 11.0 Å². The van der Waals surface area contributed by atoms with E-state index in [1.807, 2.05) is 18.7 Å². The molecule has 0 spiro atoms. The molecule has 1 aromatic carbocycles. The highest BCUT2D eigenvalue weighted by Gasteiger charge is 2.37. The van der Waals surface area contributed by atoms with Gasteiger partial charge in [-0.2, -0.15) is 4.31 Å². The maximum atomic E-state index is 13.7. The molecule has 0 aliphatic carbocycles. The van der Waals surface area contributed by atoms with E-state index in [9.17, 15) is 23.3 Å². The molecular weight excluding hydrogens is 432 g/mol. The molecular formula is C22H34N4O5S. The maximum Gasteiger partial charge on any atom is 0.270 e. The minimum absolute atomic E-state index is 0.0236. The van der Waals surface area contributed by atoms with Crippen LogP contribution in [0.2, 0.25) is 0 Å². The lowest BCUT2D eigenvalue weighted by Gasteiger charge is -2.34. The molecule has 3 rings (SSSR count). The number of piperidine rings is 1. The van der Waals surface area contributed by atoms with Gasteiger partial charge in [-0.05, 0) is 45.6 Å². The van der Waals surface area contributed by atoms with Gasteiger partial charge in [-0.25, -0.2) is 8.42 Å². The second-order valence-electron chi connectivity index (χ2n) is 8.52. The van der Waals surface area contributed by atoms with Gasteiger partial charge in [0.15, 0.2) is 0 Å². The van der Waals surface area contributed by atoms with E-state index in [1.165, 1.54) is 16.4 Å². The van der Waals surface area contributed by atoms with Crippen molar-refractivity contribution in [1.29, 1.82) is 0 Å². The number of sulfonamides is 1. The molecule has 2 heterocycles. The number of nitro benzene ring substituents is 1. The van der Waals surface area contributed by atoms with Crippen LogP contribution >= 0.6 is 0 Å². The first kappa shape index (κ1) is 24.4. The van der Waals surface area contributed by atoms with Crippen LogP contribution in [0.1, 0.15) is 52.4 Å². The lowest BCUT2D eigenvalue weighted by molar-refractivity contribution is -0.385. The zero-order valence-corrected chi connectivity index (χ0v) is 19.8. The average Bonchev–Trinajstić information content (AvgIpc) is 3.09. The van der Waals surface area contributed by atoms with Crippen molar-refractivity contribution in [2.45, 2.75) is 57.3 Å². The molecule has 0 bridgehead atoms. The summed E-state index contributed by atoms with van der Waals surface area (Å²) in [4.78, 5) is 27.5. The zero-order valence-electron chi connectivity index (χ0n) is 19.0. The molecule has 178 valence electrons. The molecule has 32 heavy (non-hydrogen) atoms. The van der Waals surface area contributed by atoms with Crippen molar-refractivity contribution < 1.29 is 18.1 Å². The van der Waals surface area contributed by atoms with Crippen molar-refractivity contribution in [3.05, 3.63) is 28.3 Å². The number of benzene rings is 1. The predicted octanol–water partition coefficient (Wildman–Crippen LogP) is 3.24. The molecule has 0 unspecified atom stereocenters. The van der Waals surface area contributed by atoms with Crippen molar-refractivity contribution in [2.24, 2.45) is 5.92 Å². The summed E-state index contributed by atoms with van der Waals surface area (Å²) in [5.74, 6) is -0.416. The van der Waals surface area contributed by atoms with Gasteiger partial charge in [-0.15, -0.1) is 0 Å². The topological polar surface area (TPSA) is 104 Å². The van der Waals surface area contributed by atoms with Crippen LogP contribution in [-0.2, 0) is 14.8 Å². The number of carbonyl (C=O) groups excluding carboxylic acids is 1. The molecule has 2 aliphatic rings. The monoisotopic (exact) mass is 466 g/mol. The van der Waals surface area contributed by atoms with Gasteiger partial charge in [-0.3, -0.25) is 14.9 Å². The van der Waals surface area contributed by atoms with Crippen LogP contribution in [-0.4, -0.2) is 67.7 Å². The minimum Gasteiger partial charge on any atom is -0.370 e. The standard InChI is InChI=1S/C22H34N4O5S/c1-3-23(4-2)22(27)18-10-9-15-25(17-18)32(30,31)21-16-19(26(28)29)11-12-20(21)24-13-7-5-6-8-14-24/h11-12,16,18H,3-10,13-15,17H2,1-2H3/t18-/m1/s1. The van der Waals surface area contributed by atoms with E-state index >= 15 is 0 Å². The van der Waals surface area contributed by atoms with E-state index < -0.39 is 20.9 Å². The molecule has 0 radical (unpaired) electrons. The maximum absolute atomic E-state index is 13.7. The molecule has 2 saturated heterocycles. The Kier molecular flexibility index (Phi) is 8.10. The van der Waals surface area contributed by atoms with Crippen LogP contribution in [0.15, 0.2) is 23.1 Å². The molecule has 1 amide bonds. The summed E-state index contributed by atoms with van der Waals surface area (Å²) in [6.07, 6.45) is 5.33. The molecule has 0 aromatic heterocycles. The van der Waals surface area contributed by atoms with E-state index in [2.05, 4.69) is 0 Å². The highest BCUT2D eigenvalue weighted by molar-refractivity contribution is 7.89. The molecule has 10 heteroatoms. The molecule has 2 fully saturated rings. The Hall–Kier alpha value is -2.20. The molecule has 1 atom stereocenters.